The first-order valence-electron chi connectivity index (χ1n) is 7.80. The van der Waals surface area contributed by atoms with E-state index in [1.807, 2.05) is 0 Å². The number of hydrogen-bond donors (Lipinski definition) is 2. The lowest BCUT2D eigenvalue weighted by atomic mass is 9.85. The van der Waals surface area contributed by atoms with E-state index in [1.165, 1.54) is 12.1 Å². The number of benzene rings is 1. The van der Waals surface area contributed by atoms with Crippen LogP contribution in [-0.2, 0) is 10.0 Å². The Morgan fingerprint density at radius 3 is 2.33 bits per heavy atom. The number of rotatable bonds is 6. The third-order valence-corrected chi connectivity index (χ3v) is 6.70. The third-order valence-electron chi connectivity index (χ3n) is 4.44. The Bertz CT molecular complexity index is 545. The molecule has 1 saturated carbocycles. The average molecular weight is 311 g/mol. The molecule has 1 aliphatic rings. The van der Waals surface area contributed by atoms with Crippen LogP contribution in [-0.4, -0.2) is 18.3 Å². The minimum absolute atomic E-state index is 0.135. The summed E-state index contributed by atoms with van der Waals surface area (Å²) in [6.07, 6.45) is 7.29. The van der Waals surface area contributed by atoms with E-state index in [4.69, 9.17) is 0 Å². The molecular formula is C16H25NO3S. The van der Waals surface area contributed by atoms with Gasteiger partial charge in [0.15, 0.2) is 0 Å². The maximum absolute atomic E-state index is 12.9. The van der Waals surface area contributed by atoms with Crippen LogP contribution >= 0.6 is 0 Å². The Kier molecular flexibility index (Phi) is 5.14. The topological polar surface area (TPSA) is 66.4 Å². The molecule has 0 bridgehead atoms. The highest BCUT2D eigenvalue weighted by molar-refractivity contribution is 7.94. The average Bonchev–Trinajstić information content (AvgIpc) is 2.48. The molecule has 2 N–H and O–H groups in total. The van der Waals surface area contributed by atoms with E-state index in [0.29, 0.717) is 5.69 Å². The maximum Gasteiger partial charge on any atom is 0.238 e. The van der Waals surface area contributed by atoms with Gasteiger partial charge in [-0.3, -0.25) is 4.72 Å². The fraction of sp³-hybridized carbons (Fsp3) is 0.625. The fourth-order valence-corrected chi connectivity index (χ4v) is 5.04. The molecule has 2 rings (SSSR count). The summed E-state index contributed by atoms with van der Waals surface area (Å²) in [6, 6.07) is 6.20. The minimum atomic E-state index is -3.41. The summed E-state index contributed by atoms with van der Waals surface area (Å²) >= 11 is 0. The van der Waals surface area contributed by atoms with Crippen molar-refractivity contribution in [3.63, 3.8) is 0 Å². The lowest BCUT2D eigenvalue weighted by molar-refractivity contribution is 0.348. The van der Waals surface area contributed by atoms with Gasteiger partial charge in [0.05, 0.1) is 4.75 Å². The first kappa shape index (κ1) is 16.1. The zero-order valence-corrected chi connectivity index (χ0v) is 13.5. The number of anilines is 1. The van der Waals surface area contributed by atoms with Crippen molar-refractivity contribution in [3.8, 4) is 5.75 Å². The smallest absolute Gasteiger partial charge is 0.238 e. The number of phenolic OH excluding ortho intramolecular Hbond substituents is 1. The SMILES string of the molecule is CCCCC1(S(=O)(=O)Nc2ccc(O)cc2)CCCCC1. The lowest BCUT2D eigenvalue weighted by Crippen LogP contribution is -2.44. The fourth-order valence-electron chi connectivity index (χ4n) is 3.14. The first-order chi connectivity index (χ1) is 9.99. The molecule has 0 unspecified atom stereocenters. The molecular weight excluding hydrogens is 286 g/mol. The molecule has 118 valence electrons. The predicted octanol–water partition coefficient (Wildman–Crippen LogP) is 4.03. The lowest BCUT2D eigenvalue weighted by Gasteiger charge is -2.36. The highest BCUT2D eigenvalue weighted by atomic mass is 32.2. The quantitative estimate of drug-likeness (QED) is 0.780. The van der Waals surface area contributed by atoms with Gasteiger partial charge in [0.1, 0.15) is 5.75 Å². The summed E-state index contributed by atoms with van der Waals surface area (Å²) in [5.74, 6) is 0.135. The Hall–Kier alpha value is -1.23. The highest BCUT2D eigenvalue weighted by Crippen LogP contribution is 2.40. The predicted molar refractivity (Wildman–Crippen MR) is 86.0 cm³/mol. The molecule has 0 atom stereocenters. The first-order valence-corrected chi connectivity index (χ1v) is 9.29. The summed E-state index contributed by atoms with van der Waals surface area (Å²) in [6.45, 7) is 2.09. The van der Waals surface area contributed by atoms with Crippen molar-refractivity contribution in [1.29, 1.82) is 0 Å². The Balaban J connectivity index is 2.22. The van der Waals surface area contributed by atoms with E-state index in [-0.39, 0.29) is 5.75 Å². The molecule has 0 amide bonds. The second kappa shape index (κ2) is 6.69. The van der Waals surface area contributed by atoms with Crippen molar-refractivity contribution >= 4 is 15.7 Å². The van der Waals surface area contributed by atoms with Crippen LogP contribution in [0, 0.1) is 0 Å². The Morgan fingerprint density at radius 2 is 1.76 bits per heavy atom. The second-order valence-electron chi connectivity index (χ2n) is 6.00. The van der Waals surface area contributed by atoms with Crippen molar-refractivity contribution in [3.05, 3.63) is 24.3 Å². The van der Waals surface area contributed by atoms with Crippen LogP contribution in [0.15, 0.2) is 24.3 Å². The van der Waals surface area contributed by atoms with Gasteiger partial charge in [-0.05, 0) is 43.5 Å². The molecule has 1 aromatic carbocycles. The molecule has 1 aliphatic carbocycles. The summed E-state index contributed by atoms with van der Waals surface area (Å²) in [5, 5.41) is 9.29. The van der Waals surface area contributed by atoms with Crippen molar-refractivity contribution in [2.45, 2.75) is 63.0 Å². The van der Waals surface area contributed by atoms with Crippen molar-refractivity contribution in [1.82, 2.24) is 0 Å². The van der Waals surface area contributed by atoms with Crippen LogP contribution in [0.25, 0.3) is 0 Å². The van der Waals surface area contributed by atoms with Gasteiger partial charge >= 0.3 is 0 Å². The van der Waals surface area contributed by atoms with Crippen molar-refractivity contribution in [2.24, 2.45) is 0 Å². The monoisotopic (exact) mass is 311 g/mol. The standard InChI is InChI=1S/C16H25NO3S/c1-2-3-11-16(12-5-4-6-13-16)21(19,20)17-14-7-9-15(18)10-8-14/h7-10,17-18H,2-6,11-13H2,1H3. The van der Waals surface area contributed by atoms with Gasteiger partial charge in [-0.25, -0.2) is 8.42 Å². The van der Waals surface area contributed by atoms with Gasteiger partial charge in [0.2, 0.25) is 10.0 Å². The summed E-state index contributed by atoms with van der Waals surface area (Å²) < 4.78 is 27.9. The molecule has 0 spiro atoms. The Labute approximate surface area is 127 Å². The van der Waals surface area contributed by atoms with Gasteiger partial charge < -0.3 is 5.11 Å². The van der Waals surface area contributed by atoms with Gasteiger partial charge in [-0.2, -0.15) is 0 Å². The van der Waals surface area contributed by atoms with E-state index < -0.39 is 14.8 Å². The number of sulfonamides is 1. The second-order valence-corrected chi connectivity index (χ2v) is 8.08. The summed E-state index contributed by atoms with van der Waals surface area (Å²) in [4.78, 5) is 0. The molecule has 1 fully saturated rings. The number of phenols is 1. The molecule has 0 aromatic heterocycles. The minimum Gasteiger partial charge on any atom is -0.508 e. The molecule has 0 heterocycles. The third kappa shape index (κ3) is 3.70. The molecule has 0 aliphatic heterocycles. The number of nitrogens with one attached hydrogen (secondary N) is 1. The number of unbranched alkanes of at least 4 members (excludes halogenated alkanes) is 1. The van der Waals surface area contributed by atoms with Crippen LogP contribution in [0.3, 0.4) is 0 Å². The van der Waals surface area contributed by atoms with E-state index >= 15 is 0 Å². The zero-order valence-electron chi connectivity index (χ0n) is 12.6. The van der Waals surface area contributed by atoms with Gasteiger partial charge in [0, 0.05) is 5.69 Å². The van der Waals surface area contributed by atoms with Crippen molar-refractivity contribution in [2.75, 3.05) is 4.72 Å². The molecule has 21 heavy (non-hydrogen) atoms. The van der Waals surface area contributed by atoms with E-state index in [0.717, 1.165) is 51.4 Å². The highest BCUT2D eigenvalue weighted by Gasteiger charge is 2.43. The molecule has 1 aromatic rings. The maximum atomic E-state index is 12.9. The van der Waals surface area contributed by atoms with E-state index in [1.54, 1.807) is 12.1 Å². The van der Waals surface area contributed by atoms with Gasteiger partial charge in [-0.15, -0.1) is 0 Å². The Morgan fingerprint density at radius 1 is 1.14 bits per heavy atom. The van der Waals surface area contributed by atoms with Crippen LogP contribution in [0.5, 0.6) is 5.75 Å². The van der Waals surface area contributed by atoms with E-state index in [9.17, 15) is 13.5 Å². The largest absolute Gasteiger partial charge is 0.508 e. The molecule has 0 saturated heterocycles. The van der Waals surface area contributed by atoms with Gasteiger partial charge in [0.25, 0.3) is 0 Å². The van der Waals surface area contributed by atoms with Crippen molar-refractivity contribution < 1.29 is 13.5 Å². The van der Waals surface area contributed by atoms with Crippen LogP contribution < -0.4 is 4.72 Å². The zero-order chi connectivity index (χ0) is 15.3. The van der Waals surface area contributed by atoms with Crippen LogP contribution in [0.1, 0.15) is 58.3 Å². The van der Waals surface area contributed by atoms with Crippen LogP contribution in [0.4, 0.5) is 5.69 Å². The number of aromatic hydroxyl groups is 1. The normalized spacial score (nSPS) is 18.3. The molecule has 5 heteroatoms. The number of hydrogen-bond acceptors (Lipinski definition) is 3. The summed E-state index contributed by atoms with van der Waals surface area (Å²) in [5.41, 5.74) is 0.522. The summed E-state index contributed by atoms with van der Waals surface area (Å²) in [7, 11) is -3.41. The molecule has 4 nitrogen and oxygen atoms in total. The molecule has 0 radical (unpaired) electrons. The van der Waals surface area contributed by atoms with E-state index in [2.05, 4.69) is 11.6 Å². The van der Waals surface area contributed by atoms with Crippen LogP contribution in [0.2, 0.25) is 0 Å². The van der Waals surface area contributed by atoms with Gasteiger partial charge in [-0.1, -0.05) is 39.0 Å².